The van der Waals surface area contributed by atoms with E-state index in [9.17, 15) is 0 Å². The molecule has 3 heteroatoms. The minimum Gasteiger partial charge on any atom is -0.483 e. The number of carbonyl (C=O) groups is 1. The van der Waals surface area contributed by atoms with E-state index >= 15 is 0 Å². The van der Waals surface area contributed by atoms with Crippen molar-refractivity contribution < 1.29 is 9.90 Å². The fourth-order valence-electron chi connectivity index (χ4n) is 0. The normalized spacial score (nSPS) is 4.00. The molecule has 48 valence electrons. The summed E-state index contributed by atoms with van der Waals surface area (Å²) < 4.78 is 0. The molecule has 0 bridgehead atoms. The number of hydrogen-bond acceptors (Lipinski definition) is 2. The monoisotopic (exact) mass is 117 g/mol. The predicted molar refractivity (Wildman–Crippen MR) is 34.1 cm³/mol. The van der Waals surface area contributed by atoms with Crippen LogP contribution in [-0.4, -0.2) is 11.6 Å². The molecule has 0 aliphatic carbocycles. The molecule has 0 rings (SSSR count). The third-order valence-electron chi connectivity index (χ3n) is 0.167. The Hall–Kier alpha value is -1.09. The average Bonchev–Trinajstić information content (AvgIpc) is 1.69. The van der Waals surface area contributed by atoms with E-state index in [-0.39, 0.29) is 12.6 Å². The van der Waals surface area contributed by atoms with Gasteiger partial charge in [-0.05, 0) is 0 Å². The van der Waals surface area contributed by atoms with E-state index in [0.29, 0.717) is 0 Å². The summed E-state index contributed by atoms with van der Waals surface area (Å²) in [6.45, 7) is 6.47. The van der Waals surface area contributed by atoms with Crippen LogP contribution in [0, 0.1) is 0 Å². The van der Waals surface area contributed by atoms with Crippen LogP contribution in [0.1, 0.15) is 0 Å². The molecule has 0 heterocycles. The van der Waals surface area contributed by atoms with Gasteiger partial charge in [0.15, 0.2) is 0 Å². The Kier molecular flexibility index (Phi) is 77.1. The van der Waals surface area contributed by atoms with Gasteiger partial charge in [-0.25, -0.2) is 0 Å². The van der Waals surface area contributed by atoms with E-state index in [2.05, 4.69) is 13.2 Å². The smallest absolute Gasteiger partial charge is 0.290 e. The second-order valence-corrected chi connectivity index (χ2v) is 0.577. The molecule has 3 nitrogen and oxygen atoms in total. The van der Waals surface area contributed by atoms with Crippen LogP contribution in [-0.2, 0) is 4.79 Å². The molecule has 0 aliphatic rings. The Morgan fingerprint density at radius 3 is 1.38 bits per heavy atom. The Labute approximate surface area is 48.9 Å². The quantitative estimate of drug-likeness (QED) is 0.400. The predicted octanol–water partition coefficient (Wildman–Crippen LogP) is 1.22. The molecule has 0 aromatic carbocycles. The number of hydrogen-bond donors (Lipinski definition) is 2. The van der Waals surface area contributed by atoms with Crippen LogP contribution in [0.3, 0.4) is 0 Å². The Morgan fingerprint density at radius 2 is 1.38 bits per heavy atom. The SMILES string of the molecule is C=CC=C.N.O=CO. The maximum Gasteiger partial charge on any atom is 0.290 e. The van der Waals surface area contributed by atoms with E-state index < -0.39 is 0 Å². The minimum atomic E-state index is -0.250. The number of rotatable bonds is 1. The average molecular weight is 117 g/mol. The zero-order valence-corrected chi connectivity index (χ0v) is 4.71. The van der Waals surface area contributed by atoms with Gasteiger partial charge in [-0.3, -0.25) is 4.79 Å². The first-order chi connectivity index (χ1) is 3.33. The first-order valence-electron chi connectivity index (χ1n) is 1.64. The molecule has 0 aliphatic heterocycles. The van der Waals surface area contributed by atoms with Gasteiger partial charge in [0.2, 0.25) is 0 Å². The standard InChI is InChI=1S/C4H6.CH2O2.H3N/c1-3-4-2;2-1-3;/h3-4H,1-2H2;1H,(H,2,3);1H3. The third kappa shape index (κ3) is 9270. The van der Waals surface area contributed by atoms with Crippen LogP contribution < -0.4 is 6.15 Å². The summed E-state index contributed by atoms with van der Waals surface area (Å²) >= 11 is 0. The lowest BCUT2D eigenvalue weighted by Crippen LogP contribution is -1.49. The molecule has 0 amide bonds. The van der Waals surface area contributed by atoms with Gasteiger partial charge in [0.05, 0.1) is 0 Å². The highest BCUT2D eigenvalue weighted by molar-refractivity contribution is 5.32. The molecule has 4 N–H and O–H groups in total. The Balaban J connectivity index is -0.0000000575. The molecular formula is C5H11NO2. The van der Waals surface area contributed by atoms with Crippen LogP contribution in [0.5, 0.6) is 0 Å². The van der Waals surface area contributed by atoms with Crippen LogP contribution >= 0.6 is 0 Å². The van der Waals surface area contributed by atoms with E-state index in [0.717, 1.165) is 0 Å². The molecule has 0 radical (unpaired) electrons. The lowest BCUT2D eigenvalue weighted by atomic mass is 10.6. The van der Waals surface area contributed by atoms with Crippen LogP contribution in [0.15, 0.2) is 25.3 Å². The highest BCUT2D eigenvalue weighted by Crippen LogP contribution is 1.52. The molecule has 0 atom stereocenters. The summed E-state index contributed by atoms with van der Waals surface area (Å²) in [5.41, 5.74) is 0. The van der Waals surface area contributed by atoms with Crippen molar-refractivity contribution in [3.63, 3.8) is 0 Å². The van der Waals surface area contributed by atoms with Crippen molar-refractivity contribution in [1.29, 1.82) is 0 Å². The summed E-state index contributed by atoms with van der Waals surface area (Å²) in [6.07, 6.45) is 3.28. The third-order valence-corrected chi connectivity index (χ3v) is 0.167. The Morgan fingerprint density at radius 1 is 1.25 bits per heavy atom. The highest BCUT2D eigenvalue weighted by atomic mass is 16.3. The van der Waals surface area contributed by atoms with Crippen LogP contribution in [0.2, 0.25) is 0 Å². The van der Waals surface area contributed by atoms with Crippen molar-refractivity contribution in [2.24, 2.45) is 0 Å². The minimum absolute atomic E-state index is 0. The molecule has 0 fully saturated rings. The number of allylic oxidation sites excluding steroid dienone is 2. The topological polar surface area (TPSA) is 72.3 Å². The van der Waals surface area contributed by atoms with Crippen molar-refractivity contribution >= 4 is 6.47 Å². The van der Waals surface area contributed by atoms with Crippen LogP contribution in [0.25, 0.3) is 0 Å². The van der Waals surface area contributed by atoms with Gasteiger partial charge < -0.3 is 11.3 Å². The highest BCUT2D eigenvalue weighted by Gasteiger charge is 1.29. The van der Waals surface area contributed by atoms with Crippen molar-refractivity contribution in [3.05, 3.63) is 25.3 Å². The first kappa shape index (κ1) is 15.8. The maximum atomic E-state index is 8.36. The summed E-state index contributed by atoms with van der Waals surface area (Å²) in [5.74, 6) is 0. The summed E-state index contributed by atoms with van der Waals surface area (Å²) in [4.78, 5) is 8.36. The molecule has 0 saturated heterocycles. The number of carboxylic acid groups (broad SMARTS) is 1. The molecular weight excluding hydrogens is 106 g/mol. The van der Waals surface area contributed by atoms with Crippen molar-refractivity contribution in [2.45, 2.75) is 0 Å². The summed E-state index contributed by atoms with van der Waals surface area (Å²) in [5, 5.41) is 6.89. The maximum absolute atomic E-state index is 8.36. The van der Waals surface area contributed by atoms with E-state index in [4.69, 9.17) is 9.90 Å². The van der Waals surface area contributed by atoms with E-state index in [1.54, 1.807) is 12.2 Å². The van der Waals surface area contributed by atoms with Gasteiger partial charge >= 0.3 is 0 Å². The second-order valence-electron chi connectivity index (χ2n) is 0.577. The lowest BCUT2D eigenvalue weighted by Gasteiger charge is -1.44. The van der Waals surface area contributed by atoms with Gasteiger partial charge in [-0.1, -0.05) is 25.3 Å². The zero-order valence-electron chi connectivity index (χ0n) is 4.71. The van der Waals surface area contributed by atoms with Crippen LogP contribution in [0.4, 0.5) is 0 Å². The van der Waals surface area contributed by atoms with Gasteiger partial charge in [-0.2, -0.15) is 0 Å². The van der Waals surface area contributed by atoms with Gasteiger partial charge in [0, 0.05) is 0 Å². The van der Waals surface area contributed by atoms with Crippen molar-refractivity contribution in [3.8, 4) is 0 Å². The van der Waals surface area contributed by atoms with E-state index in [1.165, 1.54) is 0 Å². The Bertz CT molecular complexity index is 55.4. The summed E-state index contributed by atoms with van der Waals surface area (Å²) in [6, 6.07) is 0. The molecule has 0 saturated carbocycles. The molecule has 0 spiro atoms. The van der Waals surface area contributed by atoms with Gasteiger partial charge in [-0.15, -0.1) is 0 Å². The second kappa shape index (κ2) is 39.1. The van der Waals surface area contributed by atoms with Gasteiger partial charge in [0.1, 0.15) is 0 Å². The molecule has 0 aromatic rings. The van der Waals surface area contributed by atoms with E-state index in [1.807, 2.05) is 0 Å². The lowest BCUT2D eigenvalue weighted by molar-refractivity contribution is -0.122. The zero-order chi connectivity index (χ0) is 6.12. The molecule has 0 aromatic heterocycles. The van der Waals surface area contributed by atoms with Crippen molar-refractivity contribution in [2.75, 3.05) is 0 Å². The fourth-order valence-corrected chi connectivity index (χ4v) is 0. The summed E-state index contributed by atoms with van der Waals surface area (Å²) in [7, 11) is 0. The largest absolute Gasteiger partial charge is 0.483 e. The van der Waals surface area contributed by atoms with Gasteiger partial charge in [0.25, 0.3) is 6.47 Å². The molecule has 8 heavy (non-hydrogen) atoms. The van der Waals surface area contributed by atoms with Crippen molar-refractivity contribution in [1.82, 2.24) is 6.15 Å². The first-order valence-corrected chi connectivity index (χ1v) is 1.64. The molecule has 0 unspecified atom stereocenters. The fraction of sp³-hybridized carbons (Fsp3) is 0.